The Labute approximate surface area is 164 Å². The van der Waals surface area contributed by atoms with Crippen LogP contribution >= 0.6 is 0 Å². The largest absolute Gasteiger partial charge is 0.423 e. The van der Waals surface area contributed by atoms with E-state index in [9.17, 15) is 24.5 Å². The quantitative estimate of drug-likeness (QED) is 0.235. The Bertz CT molecular complexity index is 1010. The van der Waals surface area contributed by atoms with Gasteiger partial charge in [0.1, 0.15) is 11.4 Å². The Kier molecular flexibility index (Phi) is 5.65. The van der Waals surface area contributed by atoms with Crippen LogP contribution in [0.4, 0.5) is 11.4 Å². The van der Waals surface area contributed by atoms with Gasteiger partial charge in [-0.1, -0.05) is 12.1 Å². The van der Waals surface area contributed by atoms with E-state index in [0.717, 1.165) is 11.0 Å². The zero-order chi connectivity index (χ0) is 21.0. The van der Waals surface area contributed by atoms with Gasteiger partial charge in [0, 0.05) is 18.2 Å². The van der Waals surface area contributed by atoms with Crippen LogP contribution in [0.3, 0.4) is 0 Å². The number of nitrogens with one attached hydrogen (secondary N) is 1. The molecule has 148 valence electrons. The number of aliphatic hydroxyl groups excluding tert-OH is 1. The number of carbonyl (C=O) groups is 3. The zero-order valence-corrected chi connectivity index (χ0v) is 14.9. The van der Waals surface area contributed by atoms with E-state index in [1.54, 1.807) is 12.1 Å². The van der Waals surface area contributed by atoms with E-state index in [2.05, 4.69) is 5.32 Å². The van der Waals surface area contributed by atoms with Gasteiger partial charge in [-0.3, -0.25) is 24.6 Å². The molecule has 0 aliphatic carbocycles. The number of carbonyl (C=O) groups excluding carboxylic acids is 3. The number of nitrogens with zero attached hydrogens (tertiary/aromatic N) is 2. The number of nitro benzene ring substituents is 1. The smallest absolute Gasteiger partial charge is 0.345 e. The molecule has 0 radical (unpaired) electrons. The first kappa shape index (κ1) is 19.7. The number of para-hydroxylation sites is 1. The molecule has 0 aromatic heterocycles. The van der Waals surface area contributed by atoms with Crippen molar-refractivity contribution in [3.63, 3.8) is 0 Å². The van der Waals surface area contributed by atoms with Crippen LogP contribution in [0.1, 0.15) is 10.4 Å². The highest BCUT2D eigenvalue weighted by atomic mass is 16.6. The van der Waals surface area contributed by atoms with Crippen molar-refractivity contribution in [3.05, 3.63) is 76.0 Å². The van der Waals surface area contributed by atoms with Crippen LogP contribution in [0.15, 0.2) is 60.3 Å². The van der Waals surface area contributed by atoms with Gasteiger partial charge in [-0.25, -0.2) is 4.79 Å². The molecule has 1 heterocycles. The summed E-state index contributed by atoms with van der Waals surface area (Å²) in [5.74, 6) is -1.84. The Hall–Kier alpha value is -4.05. The van der Waals surface area contributed by atoms with Crippen molar-refractivity contribution >= 4 is 29.2 Å². The molecule has 2 aromatic rings. The maximum absolute atomic E-state index is 12.5. The van der Waals surface area contributed by atoms with Crippen LogP contribution in [0.25, 0.3) is 0 Å². The summed E-state index contributed by atoms with van der Waals surface area (Å²) in [6.45, 7) is -0.500. The fourth-order valence-corrected chi connectivity index (χ4v) is 2.62. The molecule has 29 heavy (non-hydrogen) atoms. The Morgan fingerprint density at radius 1 is 1.14 bits per heavy atom. The first-order chi connectivity index (χ1) is 13.9. The molecule has 0 bridgehead atoms. The van der Waals surface area contributed by atoms with Gasteiger partial charge in [0.05, 0.1) is 29.3 Å². The fourth-order valence-electron chi connectivity index (χ4n) is 2.62. The van der Waals surface area contributed by atoms with Gasteiger partial charge in [0.15, 0.2) is 0 Å². The van der Waals surface area contributed by atoms with Crippen LogP contribution in [0.5, 0.6) is 5.75 Å². The summed E-state index contributed by atoms with van der Waals surface area (Å²) in [7, 11) is 0. The van der Waals surface area contributed by atoms with Gasteiger partial charge < -0.3 is 15.2 Å². The third-order valence-electron chi connectivity index (χ3n) is 4.01. The van der Waals surface area contributed by atoms with E-state index in [1.807, 2.05) is 0 Å². The molecule has 1 aliphatic rings. The van der Waals surface area contributed by atoms with Crippen LogP contribution in [-0.4, -0.2) is 45.9 Å². The summed E-state index contributed by atoms with van der Waals surface area (Å²) in [5.41, 5.74) is 0.139. The Morgan fingerprint density at radius 2 is 1.83 bits per heavy atom. The standard InChI is InChI=1S/C19H15N3O7/c23-10-9-21-17(24)11-16(18(21)25)20-15-4-2-1-3-14(15)19(26)29-13-7-5-12(6-8-13)22(27)28/h1-8,11,20,23H,9-10H2. The average Bonchev–Trinajstić information content (AvgIpc) is 2.96. The van der Waals surface area contributed by atoms with E-state index in [0.29, 0.717) is 0 Å². The SMILES string of the molecule is O=C(Oc1ccc([N+](=O)[O-])cc1)c1ccccc1NC1=CC(=O)N(CCO)C1=O. The van der Waals surface area contributed by atoms with Gasteiger partial charge in [-0.15, -0.1) is 0 Å². The zero-order valence-electron chi connectivity index (χ0n) is 14.9. The van der Waals surface area contributed by atoms with Gasteiger partial charge in [-0.2, -0.15) is 0 Å². The first-order valence-corrected chi connectivity index (χ1v) is 8.42. The second kappa shape index (κ2) is 8.31. The number of nitro groups is 1. The van der Waals surface area contributed by atoms with E-state index in [4.69, 9.17) is 9.84 Å². The van der Waals surface area contributed by atoms with Gasteiger partial charge in [-0.05, 0) is 24.3 Å². The molecule has 10 nitrogen and oxygen atoms in total. The molecule has 2 aromatic carbocycles. The first-order valence-electron chi connectivity index (χ1n) is 8.42. The molecule has 0 unspecified atom stereocenters. The molecule has 0 atom stereocenters. The lowest BCUT2D eigenvalue weighted by atomic mass is 10.1. The summed E-state index contributed by atoms with van der Waals surface area (Å²) >= 11 is 0. The van der Waals surface area contributed by atoms with E-state index >= 15 is 0 Å². The van der Waals surface area contributed by atoms with Crippen LogP contribution in [-0.2, 0) is 9.59 Å². The number of hydrogen-bond acceptors (Lipinski definition) is 8. The lowest BCUT2D eigenvalue weighted by Gasteiger charge is -2.14. The molecule has 0 fully saturated rings. The number of rotatable bonds is 7. The highest BCUT2D eigenvalue weighted by Crippen LogP contribution is 2.23. The molecular weight excluding hydrogens is 382 g/mol. The second-order valence-corrected chi connectivity index (χ2v) is 5.89. The van der Waals surface area contributed by atoms with Crippen LogP contribution in [0, 0.1) is 10.1 Å². The highest BCUT2D eigenvalue weighted by Gasteiger charge is 2.31. The molecule has 3 rings (SSSR count). The number of hydrogen-bond donors (Lipinski definition) is 2. The third kappa shape index (κ3) is 4.28. The molecule has 0 saturated carbocycles. The minimum absolute atomic E-state index is 0.0426. The lowest BCUT2D eigenvalue weighted by Crippen LogP contribution is -2.34. The topological polar surface area (TPSA) is 139 Å². The van der Waals surface area contributed by atoms with Crippen molar-refractivity contribution in [2.75, 3.05) is 18.5 Å². The summed E-state index contributed by atoms with van der Waals surface area (Å²) in [4.78, 5) is 47.6. The van der Waals surface area contributed by atoms with Crippen molar-refractivity contribution in [1.29, 1.82) is 0 Å². The normalized spacial score (nSPS) is 13.3. The number of non-ortho nitro benzene ring substituents is 1. The maximum atomic E-state index is 12.5. The van der Waals surface area contributed by atoms with Gasteiger partial charge in [0.25, 0.3) is 17.5 Å². The summed E-state index contributed by atoms with van der Waals surface area (Å²) in [5, 5.41) is 22.4. The number of ether oxygens (including phenoxy) is 1. The van der Waals surface area contributed by atoms with Crippen molar-refractivity contribution in [2.45, 2.75) is 0 Å². The van der Waals surface area contributed by atoms with E-state index < -0.39 is 22.7 Å². The number of anilines is 1. The monoisotopic (exact) mass is 397 g/mol. The van der Waals surface area contributed by atoms with E-state index in [1.165, 1.54) is 36.4 Å². The third-order valence-corrected chi connectivity index (χ3v) is 4.01. The fraction of sp³-hybridized carbons (Fsp3) is 0.105. The molecule has 0 saturated heterocycles. The Morgan fingerprint density at radius 3 is 2.48 bits per heavy atom. The Balaban J connectivity index is 1.77. The minimum atomic E-state index is -0.758. The molecule has 1 aliphatic heterocycles. The van der Waals surface area contributed by atoms with E-state index in [-0.39, 0.29) is 41.5 Å². The predicted octanol–water partition coefficient (Wildman–Crippen LogP) is 1.47. The number of amides is 2. The van der Waals surface area contributed by atoms with Crippen molar-refractivity contribution in [3.8, 4) is 5.75 Å². The second-order valence-electron chi connectivity index (χ2n) is 5.89. The number of benzene rings is 2. The number of aliphatic hydroxyl groups is 1. The van der Waals surface area contributed by atoms with Crippen LogP contribution < -0.4 is 10.1 Å². The summed E-state index contributed by atoms with van der Waals surface area (Å²) in [6, 6.07) is 11.2. The van der Waals surface area contributed by atoms with Gasteiger partial charge in [0.2, 0.25) is 0 Å². The highest BCUT2D eigenvalue weighted by molar-refractivity contribution is 6.17. The predicted molar refractivity (Wildman–Crippen MR) is 100 cm³/mol. The minimum Gasteiger partial charge on any atom is -0.423 e. The molecule has 10 heteroatoms. The average molecular weight is 397 g/mol. The number of esters is 1. The number of imide groups is 1. The van der Waals surface area contributed by atoms with Crippen molar-refractivity contribution in [2.24, 2.45) is 0 Å². The molecule has 0 spiro atoms. The molecular formula is C19H15N3O7. The summed E-state index contributed by atoms with van der Waals surface area (Å²) in [6.07, 6.45) is 1.08. The van der Waals surface area contributed by atoms with Crippen molar-refractivity contribution in [1.82, 2.24) is 4.90 Å². The van der Waals surface area contributed by atoms with Gasteiger partial charge >= 0.3 is 5.97 Å². The summed E-state index contributed by atoms with van der Waals surface area (Å²) < 4.78 is 5.23. The van der Waals surface area contributed by atoms with Crippen molar-refractivity contribution < 1.29 is 29.2 Å². The van der Waals surface area contributed by atoms with Crippen LogP contribution in [0.2, 0.25) is 0 Å². The lowest BCUT2D eigenvalue weighted by molar-refractivity contribution is -0.384. The molecule has 2 N–H and O–H groups in total. The number of β-amino-alcohol motifs (C(OH)–C–C–N with tert-alkyl or cyclic N) is 1. The molecule has 2 amide bonds. The maximum Gasteiger partial charge on any atom is 0.345 e.